The summed E-state index contributed by atoms with van der Waals surface area (Å²) in [4.78, 5) is 14.5. The highest BCUT2D eigenvalue weighted by molar-refractivity contribution is 5.93. The summed E-state index contributed by atoms with van der Waals surface area (Å²) in [6.45, 7) is 4.92. The van der Waals surface area contributed by atoms with E-state index in [-0.39, 0.29) is 5.91 Å². The van der Waals surface area contributed by atoms with Gasteiger partial charge in [-0.25, -0.2) is 0 Å². The highest BCUT2D eigenvalue weighted by Crippen LogP contribution is 2.26. The van der Waals surface area contributed by atoms with E-state index in [9.17, 15) is 4.79 Å². The van der Waals surface area contributed by atoms with Crippen LogP contribution in [-0.4, -0.2) is 41.1 Å². The Balaban J connectivity index is 1.76. The zero-order valence-electron chi connectivity index (χ0n) is 11.1. The number of hydrogen-bond acceptors (Lipinski definition) is 2. The third kappa shape index (κ3) is 1.85. The van der Waals surface area contributed by atoms with Gasteiger partial charge in [-0.05, 0) is 44.4 Å². The van der Waals surface area contributed by atoms with Crippen molar-refractivity contribution in [2.24, 2.45) is 13.0 Å². The van der Waals surface area contributed by atoms with Crippen LogP contribution in [0.2, 0.25) is 0 Å². The van der Waals surface area contributed by atoms with Crippen molar-refractivity contribution in [2.45, 2.75) is 25.8 Å². The minimum absolute atomic E-state index is 0.182. The van der Waals surface area contributed by atoms with Gasteiger partial charge in [-0.3, -0.25) is 4.79 Å². The number of carbonyl (C=O) groups is 1. The van der Waals surface area contributed by atoms with Crippen LogP contribution in [0.4, 0.5) is 0 Å². The molecular weight excluding hydrogens is 226 g/mol. The molecule has 98 valence electrons. The van der Waals surface area contributed by atoms with Gasteiger partial charge in [0.1, 0.15) is 5.69 Å². The van der Waals surface area contributed by atoms with Gasteiger partial charge in [0.2, 0.25) is 0 Å². The molecule has 4 nitrogen and oxygen atoms in total. The Morgan fingerprint density at radius 2 is 2.22 bits per heavy atom. The van der Waals surface area contributed by atoms with E-state index in [0.717, 1.165) is 31.0 Å². The number of aryl methyl sites for hydroxylation is 1. The van der Waals surface area contributed by atoms with Gasteiger partial charge in [-0.2, -0.15) is 0 Å². The van der Waals surface area contributed by atoms with E-state index in [1.54, 1.807) is 0 Å². The Hall–Kier alpha value is -1.29. The molecule has 3 heterocycles. The second kappa shape index (κ2) is 4.43. The maximum absolute atomic E-state index is 12.5. The van der Waals surface area contributed by atoms with Gasteiger partial charge < -0.3 is 14.8 Å². The van der Waals surface area contributed by atoms with Crippen molar-refractivity contribution in [1.29, 1.82) is 0 Å². The Kier molecular flexibility index (Phi) is 2.90. The minimum Gasteiger partial charge on any atom is -0.344 e. The Morgan fingerprint density at radius 3 is 2.89 bits per heavy atom. The predicted molar refractivity (Wildman–Crippen MR) is 70.6 cm³/mol. The monoisotopic (exact) mass is 247 g/mol. The van der Waals surface area contributed by atoms with Gasteiger partial charge in [0.05, 0.1) is 0 Å². The van der Waals surface area contributed by atoms with E-state index in [4.69, 9.17) is 0 Å². The zero-order chi connectivity index (χ0) is 12.7. The fraction of sp³-hybridized carbons (Fsp3) is 0.643. The third-order valence-corrected chi connectivity index (χ3v) is 4.48. The van der Waals surface area contributed by atoms with Crippen molar-refractivity contribution in [2.75, 3.05) is 19.6 Å². The standard InChI is InChI=1S/C14H21N3O/c1-10-5-6-13(16(10)2)14(18)17-8-11-4-3-7-15-12(11)9-17/h5-6,11-12,15H,3-4,7-9H2,1-2H3. The molecule has 0 aliphatic carbocycles. The van der Waals surface area contributed by atoms with Crippen molar-refractivity contribution in [3.8, 4) is 0 Å². The Bertz CT molecular complexity index is 452. The van der Waals surface area contributed by atoms with Crippen LogP contribution in [0.25, 0.3) is 0 Å². The lowest BCUT2D eigenvalue weighted by Gasteiger charge is -2.24. The summed E-state index contributed by atoms with van der Waals surface area (Å²) in [7, 11) is 1.96. The molecule has 3 rings (SSSR count). The highest BCUT2D eigenvalue weighted by atomic mass is 16.2. The molecule has 1 N–H and O–H groups in total. The second-order valence-electron chi connectivity index (χ2n) is 5.59. The van der Waals surface area contributed by atoms with Crippen LogP contribution < -0.4 is 5.32 Å². The number of rotatable bonds is 1. The van der Waals surface area contributed by atoms with Gasteiger partial charge in [0.15, 0.2) is 0 Å². The molecule has 0 bridgehead atoms. The average molecular weight is 247 g/mol. The summed E-state index contributed by atoms with van der Waals surface area (Å²) < 4.78 is 1.98. The number of piperidine rings is 1. The molecule has 0 spiro atoms. The lowest BCUT2D eigenvalue weighted by atomic mass is 9.94. The normalized spacial score (nSPS) is 27.3. The van der Waals surface area contributed by atoms with Gasteiger partial charge >= 0.3 is 0 Å². The van der Waals surface area contributed by atoms with Gasteiger partial charge in [0.25, 0.3) is 5.91 Å². The second-order valence-corrected chi connectivity index (χ2v) is 5.59. The van der Waals surface area contributed by atoms with E-state index in [0.29, 0.717) is 12.0 Å². The molecule has 0 radical (unpaired) electrons. The Morgan fingerprint density at radius 1 is 1.39 bits per heavy atom. The molecule has 2 saturated heterocycles. The molecule has 2 aliphatic rings. The minimum atomic E-state index is 0.182. The molecule has 1 aromatic rings. The lowest BCUT2D eigenvalue weighted by molar-refractivity contribution is 0.0776. The molecule has 2 atom stereocenters. The number of likely N-dealkylation sites (tertiary alicyclic amines) is 1. The number of carbonyl (C=O) groups excluding carboxylic acids is 1. The topological polar surface area (TPSA) is 37.3 Å². The first kappa shape index (κ1) is 11.8. The van der Waals surface area contributed by atoms with Crippen LogP contribution in [0, 0.1) is 12.8 Å². The average Bonchev–Trinajstić information content (AvgIpc) is 2.94. The molecule has 2 unspecified atom stereocenters. The summed E-state index contributed by atoms with van der Waals surface area (Å²) in [5.41, 5.74) is 1.94. The van der Waals surface area contributed by atoms with Gasteiger partial charge in [0, 0.05) is 31.9 Å². The number of hydrogen-bond donors (Lipinski definition) is 1. The van der Waals surface area contributed by atoms with E-state index in [1.807, 2.05) is 35.6 Å². The number of fused-ring (bicyclic) bond motifs is 1. The largest absolute Gasteiger partial charge is 0.344 e. The Labute approximate surface area is 108 Å². The molecule has 1 aromatic heterocycles. The number of nitrogens with one attached hydrogen (secondary N) is 1. The van der Waals surface area contributed by atoms with Crippen LogP contribution >= 0.6 is 0 Å². The van der Waals surface area contributed by atoms with Crippen molar-refractivity contribution in [3.63, 3.8) is 0 Å². The van der Waals surface area contributed by atoms with Crippen LogP contribution in [-0.2, 0) is 7.05 Å². The smallest absolute Gasteiger partial charge is 0.270 e. The van der Waals surface area contributed by atoms with E-state index in [2.05, 4.69) is 5.32 Å². The maximum atomic E-state index is 12.5. The van der Waals surface area contributed by atoms with Crippen LogP contribution in [0.3, 0.4) is 0 Å². The van der Waals surface area contributed by atoms with E-state index in [1.165, 1.54) is 12.8 Å². The van der Waals surface area contributed by atoms with Crippen molar-refractivity contribution >= 4 is 5.91 Å². The highest BCUT2D eigenvalue weighted by Gasteiger charge is 2.37. The third-order valence-electron chi connectivity index (χ3n) is 4.48. The number of nitrogens with zero attached hydrogens (tertiary/aromatic N) is 2. The first-order chi connectivity index (χ1) is 8.66. The van der Waals surface area contributed by atoms with Crippen LogP contribution in [0.1, 0.15) is 29.0 Å². The van der Waals surface area contributed by atoms with Gasteiger partial charge in [-0.1, -0.05) is 0 Å². The van der Waals surface area contributed by atoms with Gasteiger partial charge in [-0.15, -0.1) is 0 Å². The quantitative estimate of drug-likeness (QED) is 0.808. The summed E-state index contributed by atoms with van der Waals surface area (Å²) >= 11 is 0. The maximum Gasteiger partial charge on any atom is 0.270 e. The van der Waals surface area contributed by atoms with E-state index < -0.39 is 0 Å². The summed E-state index contributed by atoms with van der Waals surface area (Å²) in [6, 6.07) is 4.46. The fourth-order valence-electron chi connectivity index (χ4n) is 3.20. The van der Waals surface area contributed by atoms with Crippen molar-refractivity contribution < 1.29 is 4.79 Å². The summed E-state index contributed by atoms with van der Waals surface area (Å²) in [5.74, 6) is 0.839. The lowest BCUT2D eigenvalue weighted by Crippen LogP contribution is -2.41. The first-order valence-electron chi connectivity index (χ1n) is 6.82. The zero-order valence-corrected chi connectivity index (χ0v) is 11.1. The number of amides is 1. The number of aromatic nitrogens is 1. The SMILES string of the molecule is Cc1ccc(C(=O)N2CC3CCCNC3C2)n1C. The van der Waals surface area contributed by atoms with Crippen molar-refractivity contribution in [3.05, 3.63) is 23.5 Å². The molecular formula is C14H21N3O. The van der Waals surface area contributed by atoms with E-state index >= 15 is 0 Å². The van der Waals surface area contributed by atoms with Crippen molar-refractivity contribution in [1.82, 2.24) is 14.8 Å². The first-order valence-corrected chi connectivity index (χ1v) is 6.82. The summed E-state index contributed by atoms with van der Waals surface area (Å²) in [6.07, 6.45) is 2.50. The summed E-state index contributed by atoms with van der Waals surface area (Å²) in [5, 5.41) is 3.54. The van der Waals surface area contributed by atoms with Crippen LogP contribution in [0.5, 0.6) is 0 Å². The molecule has 2 aliphatic heterocycles. The van der Waals surface area contributed by atoms with Crippen LogP contribution in [0.15, 0.2) is 12.1 Å². The molecule has 2 fully saturated rings. The molecule has 1 amide bonds. The molecule has 18 heavy (non-hydrogen) atoms. The predicted octanol–water partition coefficient (Wildman–Crippen LogP) is 1.16. The molecule has 0 saturated carbocycles. The molecule has 4 heteroatoms. The fourth-order valence-corrected chi connectivity index (χ4v) is 3.20. The molecule has 0 aromatic carbocycles.